The highest BCUT2D eigenvalue weighted by Crippen LogP contribution is 2.18. The van der Waals surface area contributed by atoms with E-state index in [0.717, 1.165) is 43.2 Å². The monoisotopic (exact) mass is 240 g/mol. The molecule has 0 bridgehead atoms. The maximum Gasteiger partial charge on any atom is 0.182 e. The van der Waals surface area contributed by atoms with Crippen LogP contribution in [0.2, 0.25) is 0 Å². The second-order valence-corrected chi connectivity index (χ2v) is 3.65. The Kier molecular flexibility index (Phi) is 3.21. The average molecular weight is 241 g/mol. The number of halogens is 1. The summed E-state index contributed by atoms with van der Waals surface area (Å²) in [5, 5.41) is 2.32. The normalized spacial score (nSPS) is 16.1. The Morgan fingerprint density at radius 2 is 2.00 bits per heavy atom. The SMILES string of the molecule is [Cl-].c1nc(N2CC[NH2+]CC2)c2[nH]cnc2n1. The molecule has 6 nitrogen and oxygen atoms in total. The molecule has 3 rings (SSSR count). The van der Waals surface area contributed by atoms with Crippen molar-refractivity contribution >= 4 is 17.0 Å². The molecule has 0 amide bonds. The molecule has 1 aliphatic rings. The Balaban J connectivity index is 0.000000963. The molecule has 1 aliphatic heterocycles. The van der Waals surface area contributed by atoms with Crippen molar-refractivity contribution in [2.45, 2.75) is 0 Å². The summed E-state index contributed by atoms with van der Waals surface area (Å²) in [6.45, 7) is 4.32. The molecule has 3 N–H and O–H groups in total. The second kappa shape index (κ2) is 4.63. The largest absolute Gasteiger partial charge is 1.00 e. The van der Waals surface area contributed by atoms with Gasteiger partial charge in [-0.2, -0.15) is 0 Å². The van der Waals surface area contributed by atoms with E-state index in [1.807, 2.05) is 0 Å². The molecule has 0 spiro atoms. The van der Waals surface area contributed by atoms with Crippen molar-refractivity contribution in [2.24, 2.45) is 0 Å². The van der Waals surface area contributed by atoms with Gasteiger partial charge < -0.3 is 27.6 Å². The van der Waals surface area contributed by atoms with Gasteiger partial charge in [0.2, 0.25) is 0 Å². The van der Waals surface area contributed by atoms with Crippen molar-refractivity contribution in [1.29, 1.82) is 0 Å². The molecule has 0 aromatic carbocycles. The molecular weight excluding hydrogens is 228 g/mol. The number of hydrogen-bond donors (Lipinski definition) is 2. The van der Waals surface area contributed by atoms with Crippen LogP contribution in [-0.2, 0) is 0 Å². The highest BCUT2D eigenvalue weighted by Gasteiger charge is 2.17. The Morgan fingerprint density at radius 3 is 2.81 bits per heavy atom. The van der Waals surface area contributed by atoms with Gasteiger partial charge in [-0.3, -0.25) is 0 Å². The molecule has 2 aromatic heterocycles. The lowest BCUT2D eigenvalue weighted by Gasteiger charge is -2.26. The number of aromatic amines is 1. The quantitative estimate of drug-likeness (QED) is 0.530. The zero-order valence-electron chi connectivity index (χ0n) is 8.73. The highest BCUT2D eigenvalue weighted by atomic mass is 35.5. The van der Waals surface area contributed by atoms with E-state index in [0.29, 0.717) is 0 Å². The molecule has 3 heterocycles. The third kappa shape index (κ3) is 1.81. The lowest BCUT2D eigenvalue weighted by molar-refractivity contribution is -0.655. The number of anilines is 1. The van der Waals surface area contributed by atoms with Gasteiger partial charge in [0.1, 0.15) is 11.8 Å². The Hall–Kier alpha value is -1.40. The Morgan fingerprint density at radius 1 is 1.19 bits per heavy atom. The van der Waals surface area contributed by atoms with Crippen LogP contribution < -0.4 is 22.6 Å². The average Bonchev–Trinajstić information content (AvgIpc) is 2.78. The summed E-state index contributed by atoms with van der Waals surface area (Å²) in [6, 6.07) is 0. The van der Waals surface area contributed by atoms with Crippen molar-refractivity contribution in [2.75, 3.05) is 31.1 Å². The zero-order valence-corrected chi connectivity index (χ0v) is 9.48. The van der Waals surface area contributed by atoms with Crippen LogP contribution in [0.15, 0.2) is 12.7 Å². The summed E-state index contributed by atoms with van der Waals surface area (Å²) >= 11 is 0. The summed E-state index contributed by atoms with van der Waals surface area (Å²) in [6.07, 6.45) is 3.25. The fraction of sp³-hybridized carbons (Fsp3) is 0.444. The first-order chi connectivity index (χ1) is 7.45. The van der Waals surface area contributed by atoms with Crippen molar-refractivity contribution < 1.29 is 17.7 Å². The highest BCUT2D eigenvalue weighted by molar-refractivity contribution is 5.82. The number of rotatable bonds is 1. The molecule has 1 saturated heterocycles. The first-order valence-electron chi connectivity index (χ1n) is 5.16. The molecule has 1 fully saturated rings. The van der Waals surface area contributed by atoms with Gasteiger partial charge in [-0.05, 0) is 0 Å². The lowest BCUT2D eigenvalue weighted by Crippen LogP contribution is -3.00. The minimum atomic E-state index is 0. The van der Waals surface area contributed by atoms with Crippen LogP contribution in [0.3, 0.4) is 0 Å². The van der Waals surface area contributed by atoms with Crippen LogP contribution in [-0.4, -0.2) is 46.1 Å². The number of hydrogen-bond acceptors (Lipinski definition) is 4. The van der Waals surface area contributed by atoms with Crippen LogP contribution in [0.25, 0.3) is 11.2 Å². The molecule has 0 unspecified atom stereocenters. The van der Waals surface area contributed by atoms with E-state index < -0.39 is 0 Å². The van der Waals surface area contributed by atoms with Crippen molar-refractivity contribution in [3.8, 4) is 0 Å². The van der Waals surface area contributed by atoms with Crippen LogP contribution in [0.4, 0.5) is 5.82 Å². The topological polar surface area (TPSA) is 74.3 Å². The summed E-state index contributed by atoms with van der Waals surface area (Å²) in [4.78, 5) is 18.0. The summed E-state index contributed by atoms with van der Waals surface area (Å²) in [7, 11) is 0. The minimum absolute atomic E-state index is 0. The molecule has 0 saturated carbocycles. The summed E-state index contributed by atoms with van der Waals surface area (Å²) < 4.78 is 0. The van der Waals surface area contributed by atoms with Gasteiger partial charge in [-0.1, -0.05) is 0 Å². The number of nitrogens with one attached hydrogen (secondary N) is 1. The van der Waals surface area contributed by atoms with Gasteiger partial charge >= 0.3 is 0 Å². The number of nitrogens with two attached hydrogens (primary N) is 1. The van der Waals surface area contributed by atoms with Gasteiger partial charge in [-0.15, -0.1) is 0 Å². The van der Waals surface area contributed by atoms with Crippen LogP contribution in [0, 0.1) is 0 Å². The number of imidazole rings is 1. The van der Waals surface area contributed by atoms with E-state index >= 15 is 0 Å². The van der Waals surface area contributed by atoms with Crippen LogP contribution in [0.1, 0.15) is 0 Å². The summed E-state index contributed by atoms with van der Waals surface area (Å²) in [5.74, 6) is 0.977. The van der Waals surface area contributed by atoms with E-state index in [-0.39, 0.29) is 12.4 Å². The van der Waals surface area contributed by atoms with Crippen molar-refractivity contribution in [1.82, 2.24) is 19.9 Å². The first kappa shape index (κ1) is 11.1. The number of aromatic nitrogens is 4. The molecule has 0 atom stereocenters. The molecule has 2 aromatic rings. The Bertz CT molecular complexity index is 464. The van der Waals surface area contributed by atoms with Gasteiger partial charge in [0.15, 0.2) is 11.5 Å². The minimum Gasteiger partial charge on any atom is -1.00 e. The van der Waals surface area contributed by atoms with Gasteiger partial charge in [0.05, 0.1) is 32.5 Å². The fourth-order valence-electron chi connectivity index (χ4n) is 1.95. The number of quaternary nitrogens is 1. The van der Waals surface area contributed by atoms with Crippen molar-refractivity contribution in [3.63, 3.8) is 0 Å². The summed E-state index contributed by atoms with van der Waals surface area (Å²) in [5.41, 5.74) is 1.69. The van der Waals surface area contributed by atoms with E-state index in [4.69, 9.17) is 0 Å². The molecule has 7 heteroatoms. The lowest BCUT2D eigenvalue weighted by atomic mass is 10.3. The Labute approximate surface area is 98.9 Å². The molecule has 0 radical (unpaired) electrons. The molecule has 0 aliphatic carbocycles. The first-order valence-corrected chi connectivity index (χ1v) is 5.16. The standard InChI is InChI=1S/C9H12N6.ClH/c1-3-15(4-2-10-1)9-7-8(12-5-11-7)13-6-14-9;/h5-6,10H,1-4H2,(H,11,12,13,14);1H. The third-order valence-corrected chi connectivity index (χ3v) is 2.71. The van der Waals surface area contributed by atoms with Crippen LogP contribution in [0.5, 0.6) is 0 Å². The van der Waals surface area contributed by atoms with E-state index in [1.54, 1.807) is 12.7 Å². The van der Waals surface area contributed by atoms with E-state index in [9.17, 15) is 0 Å². The van der Waals surface area contributed by atoms with Gasteiger partial charge in [0.25, 0.3) is 0 Å². The fourth-order valence-corrected chi connectivity index (χ4v) is 1.95. The molecule has 16 heavy (non-hydrogen) atoms. The van der Waals surface area contributed by atoms with E-state index in [1.165, 1.54) is 0 Å². The maximum absolute atomic E-state index is 4.33. The number of fused-ring (bicyclic) bond motifs is 1. The zero-order chi connectivity index (χ0) is 10.1. The number of piperazine rings is 1. The molecule has 86 valence electrons. The maximum atomic E-state index is 4.33. The second-order valence-electron chi connectivity index (χ2n) is 3.65. The smallest absolute Gasteiger partial charge is 0.182 e. The predicted octanol–water partition coefficient (Wildman–Crippen LogP) is -4.26. The van der Waals surface area contributed by atoms with Gasteiger partial charge in [0, 0.05) is 0 Å². The predicted molar refractivity (Wildman–Crippen MR) is 55.6 cm³/mol. The number of nitrogens with zero attached hydrogens (tertiary/aromatic N) is 4. The number of H-pyrrole nitrogens is 1. The van der Waals surface area contributed by atoms with Gasteiger partial charge in [-0.25, -0.2) is 15.0 Å². The third-order valence-electron chi connectivity index (χ3n) is 2.71. The van der Waals surface area contributed by atoms with Crippen LogP contribution >= 0.6 is 0 Å². The molecular formula is C9H13ClN6. The van der Waals surface area contributed by atoms with Crippen molar-refractivity contribution in [3.05, 3.63) is 12.7 Å². The van der Waals surface area contributed by atoms with E-state index in [2.05, 4.69) is 30.2 Å².